The van der Waals surface area contributed by atoms with Gasteiger partial charge in [-0.1, -0.05) is 23.5 Å². The number of piperidine rings is 2. The molecule has 3 heterocycles. The van der Waals surface area contributed by atoms with Crippen molar-refractivity contribution in [2.24, 2.45) is 11.8 Å². The summed E-state index contributed by atoms with van der Waals surface area (Å²) in [5.41, 5.74) is 1.79. The Kier molecular flexibility index (Phi) is 9.86. The Bertz CT molecular complexity index is 1090. The minimum atomic E-state index is -0.432. The van der Waals surface area contributed by atoms with Crippen LogP contribution in [0.15, 0.2) is 24.3 Å². The van der Waals surface area contributed by atoms with E-state index in [0.717, 1.165) is 45.4 Å². The maximum absolute atomic E-state index is 13.3. The molecule has 1 unspecified atom stereocenters. The van der Waals surface area contributed by atoms with Gasteiger partial charge in [0.05, 0.1) is 16.7 Å². The SMILES string of the molecule is CC(=O)c1sc(NC(=O)N[C@H]2CN(CC(C)O)CC[C@H]2CN2CCC[C@@H](Cc3ccc(F)cc3)C2)nc1C. The van der Waals surface area contributed by atoms with E-state index in [-0.39, 0.29) is 29.6 Å². The molecule has 0 bridgehead atoms. The summed E-state index contributed by atoms with van der Waals surface area (Å²) < 4.78 is 13.3. The number of carbonyl (C=O) groups excluding carboxylic acids is 2. The zero-order valence-electron chi connectivity index (χ0n) is 22.6. The number of thiazole rings is 1. The molecule has 2 aromatic rings. The topological polar surface area (TPSA) is 97.8 Å². The average Bonchev–Trinajstić information content (AvgIpc) is 3.22. The van der Waals surface area contributed by atoms with Gasteiger partial charge in [-0.2, -0.15) is 0 Å². The Morgan fingerprint density at radius 2 is 1.95 bits per heavy atom. The number of nitrogens with one attached hydrogen (secondary N) is 2. The number of aliphatic hydroxyl groups is 1. The smallest absolute Gasteiger partial charge is 0.321 e. The molecule has 4 rings (SSSR count). The van der Waals surface area contributed by atoms with Crippen LogP contribution in [0.3, 0.4) is 0 Å². The number of aryl methyl sites for hydroxylation is 1. The summed E-state index contributed by atoms with van der Waals surface area (Å²) in [5, 5.41) is 16.3. The molecular formula is C28H40FN5O3S. The monoisotopic (exact) mass is 545 g/mol. The average molecular weight is 546 g/mol. The van der Waals surface area contributed by atoms with Crippen LogP contribution in [0.4, 0.5) is 14.3 Å². The van der Waals surface area contributed by atoms with Crippen LogP contribution >= 0.6 is 11.3 Å². The number of hydrogen-bond donors (Lipinski definition) is 3. The minimum absolute atomic E-state index is 0.0613. The molecule has 2 aliphatic heterocycles. The molecule has 1 aromatic heterocycles. The summed E-state index contributed by atoms with van der Waals surface area (Å²) in [6, 6.07) is 6.43. The van der Waals surface area contributed by atoms with Crippen LogP contribution in [-0.4, -0.2) is 83.1 Å². The summed E-state index contributed by atoms with van der Waals surface area (Å²) in [5.74, 6) is 0.547. The lowest BCUT2D eigenvalue weighted by molar-refractivity contribution is 0.0634. The number of benzene rings is 1. The molecule has 10 heteroatoms. The fourth-order valence-electron chi connectivity index (χ4n) is 5.84. The van der Waals surface area contributed by atoms with Crippen LogP contribution in [0.2, 0.25) is 0 Å². The number of Topliss-reactive ketones (excluding diaryl/α,β-unsaturated/α-hetero) is 1. The quantitative estimate of drug-likeness (QED) is 0.413. The van der Waals surface area contributed by atoms with E-state index in [2.05, 4.69) is 25.4 Å². The molecule has 0 saturated carbocycles. The first-order valence-electron chi connectivity index (χ1n) is 13.6. The van der Waals surface area contributed by atoms with Crippen LogP contribution in [0, 0.1) is 24.6 Å². The second-order valence-corrected chi connectivity index (χ2v) is 11.9. The number of aromatic nitrogens is 1. The van der Waals surface area contributed by atoms with Gasteiger partial charge < -0.3 is 15.3 Å². The third kappa shape index (κ3) is 8.05. The van der Waals surface area contributed by atoms with Gasteiger partial charge in [-0.15, -0.1) is 0 Å². The lowest BCUT2D eigenvalue weighted by atomic mass is 9.87. The van der Waals surface area contributed by atoms with Crippen molar-refractivity contribution >= 4 is 28.3 Å². The summed E-state index contributed by atoms with van der Waals surface area (Å²) in [6.45, 7) is 10.1. The molecule has 8 nitrogen and oxygen atoms in total. The Balaban J connectivity index is 1.37. The molecule has 2 amide bonds. The van der Waals surface area contributed by atoms with Crippen molar-refractivity contribution in [2.45, 2.75) is 58.6 Å². The van der Waals surface area contributed by atoms with Crippen LogP contribution < -0.4 is 10.6 Å². The highest BCUT2D eigenvalue weighted by molar-refractivity contribution is 7.17. The van der Waals surface area contributed by atoms with Gasteiger partial charge in [-0.3, -0.25) is 15.0 Å². The van der Waals surface area contributed by atoms with E-state index in [1.54, 1.807) is 13.8 Å². The van der Waals surface area contributed by atoms with Crippen molar-refractivity contribution in [3.8, 4) is 0 Å². The molecule has 0 aliphatic carbocycles. The number of carbonyl (C=O) groups is 2. The van der Waals surface area contributed by atoms with Gasteiger partial charge in [-0.05, 0) is 82.2 Å². The second-order valence-electron chi connectivity index (χ2n) is 11.0. The van der Waals surface area contributed by atoms with Gasteiger partial charge in [0.25, 0.3) is 0 Å². The molecule has 0 radical (unpaired) electrons. The third-order valence-electron chi connectivity index (χ3n) is 7.55. The molecule has 2 fully saturated rings. The van der Waals surface area contributed by atoms with Crippen molar-refractivity contribution in [1.82, 2.24) is 20.1 Å². The molecule has 1 aromatic carbocycles. The summed E-state index contributed by atoms with van der Waals surface area (Å²) in [4.78, 5) is 34.4. The molecule has 0 spiro atoms. The predicted octanol–water partition coefficient (Wildman–Crippen LogP) is 3.94. The number of ketones is 1. The predicted molar refractivity (Wildman–Crippen MR) is 148 cm³/mol. The van der Waals surface area contributed by atoms with Crippen LogP contribution in [0.25, 0.3) is 0 Å². The number of β-amino-alcohol motifs (C(OH)–C–C–N with tert-alkyl or cyclic N) is 1. The standard InChI is InChI=1S/C28H40FN5O3S/c1-18(35)14-34-12-10-23(16-33-11-4-5-22(15-33)13-21-6-8-24(29)9-7-21)25(17-34)31-27(37)32-28-30-19(2)26(38-28)20(3)36/h6-9,18,22-23,25,35H,4-5,10-17H2,1-3H3,(H2,30,31,32,37)/t18?,22-,23-,25-/m0/s1. The van der Waals surface area contributed by atoms with Crippen molar-refractivity contribution in [1.29, 1.82) is 0 Å². The summed E-state index contributed by atoms with van der Waals surface area (Å²) >= 11 is 1.19. The highest BCUT2D eigenvalue weighted by Gasteiger charge is 2.33. The van der Waals surface area contributed by atoms with Gasteiger partial charge in [0, 0.05) is 39.1 Å². The molecule has 38 heavy (non-hydrogen) atoms. The second kappa shape index (κ2) is 13.1. The van der Waals surface area contributed by atoms with E-state index >= 15 is 0 Å². The lowest BCUT2D eigenvalue weighted by Gasteiger charge is -2.42. The number of nitrogens with zero attached hydrogens (tertiary/aromatic N) is 3. The van der Waals surface area contributed by atoms with Gasteiger partial charge in [0.1, 0.15) is 5.82 Å². The van der Waals surface area contributed by atoms with E-state index in [9.17, 15) is 19.1 Å². The van der Waals surface area contributed by atoms with Crippen molar-refractivity contribution in [2.75, 3.05) is 44.6 Å². The van der Waals surface area contributed by atoms with Crippen LogP contribution in [-0.2, 0) is 6.42 Å². The Hall–Kier alpha value is -2.40. The van der Waals surface area contributed by atoms with E-state index in [4.69, 9.17) is 0 Å². The van der Waals surface area contributed by atoms with Gasteiger partial charge in [0.15, 0.2) is 10.9 Å². The van der Waals surface area contributed by atoms with E-state index in [1.807, 2.05) is 12.1 Å². The number of rotatable bonds is 9. The first-order chi connectivity index (χ1) is 18.2. The van der Waals surface area contributed by atoms with Crippen LogP contribution in [0.1, 0.15) is 54.0 Å². The molecule has 2 aliphatic rings. The molecular weight excluding hydrogens is 505 g/mol. The molecule has 208 valence electrons. The Morgan fingerprint density at radius 3 is 2.63 bits per heavy atom. The van der Waals surface area contributed by atoms with Crippen molar-refractivity contribution in [3.05, 3.63) is 46.2 Å². The number of likely N-dealkylation sites (tertiary alicyclic amines) is 2. The zero-order chi connectivity index (χ0) is 27.2. The number of aliphatic hydroxyl groups excluding tert-OH is 1. The van der Waals surface area contributed by atoms with Gasteiger partial charge in [0.2, 0.25) is 0 Å². The zero-order valence-corrected chi connectivity index (χ0v) is 23.4. The van der Waals surface area contributed by atoms with Gasteiger partial charge >= 0.3 is 6.03 Å². The third-order valence-corrected chi connectivity index (χ3v) is 8.72. The van der Waals surface area contributed by atoms with Crippen molar-refractivity contribution in [3.63, 3.8) is 0 Å². The van der Waals surface area contributed by atoms with Crippen LogP contribution in [0.5, 0.6) is 0 Å². The van der Waals surface area contributed by atoms with Crippen molar-refractivity contribution < 1.29 is 19.1 Å². The lowest BCUT2D eigenvalue weighted by Crippen LogP contribution is -2.57. The molecule has 3 N–H and O–H groups in total. The first kappa shape index (κ1) is 28.6. The van der Waals surface area contributed by atoms with E-state index in [1.165, 1.54) is 42.4 Å². The highest BCUT2D eigenvalue weighted by Crippen LogP contribution is 2.26. The summed E-state index contributed by atoms with van der Waals surface area (Å²) in [7, 11) is 0. The minimum Gasteiger partial charge on any atom is -0.392 e. The first-order valence-corrected chi connectivity index (χ1v) is 14.4. The van der Waals surface area contributed by atoms with Gasteiger partial charge in [-0.25, -0.2) is 14.2 Å². The number of halogens is 1. The van der Waals surface area contributed by atoms with E-state index < -0.39 is 6.10 Å². The number of anilines is 1. The fourth-order valence-corrected chi connectivity index (χ4v) is 6.69. The number of hydrogen-bond acceptors (Lipinski definition) is 7. The van der Waals surface area contributed by atoms with E-state index in [0.29, 0.717) is 34.7 Å². The number of urea groups is 1. The highest BCUT2D eigenvalue weighted by atomic mass is 32.1. The fraction of sp³-hybridized carbons (Fsp3) is 0.607. The maximum atomic E-state index is 13.3. The molecule has 4 atom stereocenters. The largest absolute Gasteiger partial charge is 0.392 e. The Morgan fingerprint density at radius 1 is 1.18 bits per heavy atom. The normalized spacial score (nSPS) is 23.7. The summed E-state index contributed by atoms with van der Waals surface area (Å²) in [6.07, 6.45) is 3.75. The molecule has 2 saturated heterocycles. The number of amides is 2. The maximum Gasteiger partial charge on any atom is 0.321 e. The Labute approximate surface area is 228 Å².